The second-order valence-corrected chi connectivity index (χ2v) is 6.94. The molecule has 9 heteroatoms. The van der Waals surface area contributed by atoms with Crippen LogP contribution in [0.15, 0.2) is 30.6 Å². The number of pyridine rings is 1. The van der Waals surface area contributed by atoms with Crippen molar-refractivity contribution in [3.63, 3.8) is 0 Å². The van der Waals surface area contributed by atoms with E-state index in [2.05, 4.69) is 10.3 Å². The number of carbonyl (C=O) groups is 2. The molecular weight excluding hydrogens is 394 g/mol. The van der Waals surface area contributed by atoms with Crippen LogP contribution >= 0.6 is 23.2 Å². The van der Waals surface area contributed by atoms with Gasteiger partial charge in [-0.15, -0.1) is 0 Å². The van der Waals surface area contributed by atoms with Crippen molar-refractivity contribution in [1.29, 1.82) is 0 Å². The van der Waals surface area contributed by atoms with Gasteiger partial charge in [0.1, 0.15) is 5.82 Å². The number of aromatic nitrogens is 1. The van der Waals surface area contributed by atoms with Crippen LogP contribution in [-0.4, -0.2) is 41.5 Å². The Balaban J connectivity index is 1.72. The molecule has 1 fully saturated rings. The normalized spacial score (nSPS) is 14.9. The zero-order chi connectivity index (χ0) is 19.6. The van der Waals surface area contributed by atoms with Crippen molar-refractivity contribution in [3.05, 3.63) is 52.0 Å². The van der Waals surface area contributed by atoms with E-state index < -0.39 is 11.8 Å². The SMILES string of the molecule is Cc1ccc(NC(=O)N2CCC(=O)N(c3c(Cl)cncc3Cl)CC2)cc1F. The number of hydrogen-bond donors (Lipinski definition) is 1. The Morgan fingerprint density at radius 2 is 1.89 bits per heavy atom. The monoisotopic (exact) mass is 410 g/mol. The molecule has 1 aromatic carbocycles. The van der Waals surface area contributed by atoms with E-state index in [1.54, 1.807) is 19.1 Å². The third-order valence-electron chi connectivity index (χ3n) is 4.30. The first-order valence-electron chi connectivity index (χ1n) is 8.28. The molecule has 142 valence electrons. The lowest BCUT2D eigenvalue weighted by atomic mass is 10.2. The number of rotatable bonds is 2. The molecule has 3 rings (SSSR count). The van der Waals surface area contributed by atoms with Gasteiger partial charge in [0.2, 0.25) is 5.91 Å². The zero-order valence-electron chi connectivity index (χ0n) is 14.5. The molecular formula is C18H17Cl2FN4O2. The van der Waals surface area contributed by atoms with Gasteiger partial charge in [0.25, 0.3) is 0 Å². The molecule has 0 atom stereocenters. The first-order chi connectivity index (χ1) is 12.9. The lowest BCUT2D eigenvalue weighted by Gasteiger charge is -2.24. The smallest absolute Gasteiger partial charge is 0.321 e. The Morgan fingerprint density at radius 1 is 1.19 bits per heavy atom. The van der Waals surface area contributed by atoms with Crippen LogP contribution in [0.1, 0.15) is 12.0 Å². The summed E-state index contributed by atoms with van der Waals surface area (Å²) in [7, 11) is 0. The van der Waals surface area contributed by atoms with Gasteiger partial charge in [-0.3, -0.25) is 9.78 Å². The minimum absolute atomic E-state index is 0.116. The highest BCUT2D eigenvalue weighted by Crippen LogP contribution is 2.33. The number of hydrogen-bond acceptors (Lipinski definition) is 3. The molecule has 1 saturated heterocycles. The molecule has 3 amide bonds. The van der Waals surface area contributed by atoms with Crippen LogP contribution in [0.25, 0.3) is 0 Å². The minimum Gasteiger partial charge on any atom is -0.322 e. The van der Waals surface area contributed by atoms with Crippen molar-refractivity contribution in [3.8, 4) is 0 Å². The summed E-state index contributed by atoms with van der Waals surface area (Å²) in [5.74, 6) is -0.589. The molecule has 1 aromatic heterocycles. The molecule has 2 heterocycles. The number of nitrogens with one attached hydrogen (secondary N) is 1. The average Bonchev–Trinajstić information content (AvgIpc) is 2.80. The van der Waals surface area contributed by atoms with Gasteiger partial charge in [-0.1, -0.05) is 29.3 Å². The fourth-order valence-corrected chi connectivity index (χ4v) is 3.37. The molecule has 0 bridgehead atoms. The lowest BCUT2D eigenvalue weighted by Crippen LogP contribution is -2.38. The van der Waals surface area contributed by atoms with Crippen LogP contribution in [0, 0.1) is 12.7 Å². The van der Waals surface area contributed by atoms with E-state index in [0.717, 1.165) is 0 Å². The molecule has 1 aliphatic heterocycles. The highest BCUT2D eigenvalue weighted by Gasteiger charge is 2.27. The summed E-state index contributed by atoms with van der Waals surface area (Å²) in [6, 6.07) is 4.08. The fraction of sp³-hybridized carbons (Fsp3) is 0.278. The minimum atomic E-state index is -0.403. The van der Waals surface area contributed by atoms with Crippen molar-refractivity contribution in [1.82, 2.24) is 9.88 Å². The highest BCUT2D eigenvalue weighted by molar-refractivity contribution is 6.39. The Hall–Kier alpha value is -2.38. The van der Waals surface area contributed by atoms with E-state index >= 15 is 0 Å². The molecule has 0 aliphatic carbocycles. The maximum absolute atomic E-state index is 13.7. The first kappa shape index (κ1) is 19.4. The number of halogens is 3. The molecule has 1 aliphatic rings. The third-order valence-corrected chi connectivity index (χ3v) is 4.85. The maximum atomic E-state index is 13.7. The molecule has 2 aromatic rings. The summed E-state index contributed by atoms with van der Waals surface area (Å²) in [4.78, 5) is 31.9. The van der Waals surface area contributed by atoms with Crippen LogP contribution in [0.5, 0.6) is 0 Å². The van der Waals surface area contributed by atoms with Crippen LogP contribution in [0.2, 0.25) is 10.0 Å². The maximum Gasteiger partial charge on any atom is 0.321 e. The van der Waals surface area contributed by atoms with Crippen LogP contribution in [-0.2, 0) is 4.79 Å². The predicted octanol–water partition coefficient (Wildman–Crippen LogP) is 4.11. The number of benzene rings is 1. The van der Waals surface area contributed by atoms with Crippen molar-refractivity contribution >= 4 is 46.5 Å². The number of carbonyl (C=O) groups excluding carboxylic acids is 2. The van der Waals surface area contributed by atoms with E-state index in [1.165, 1.54) is 28.3 Å². The number of anilines is 2. The molecule has 0 unspecified atom stereocenters. The van der Waals surface area contributed by atoms with E-state index in [-0.39, 0.29) is 42.0 Å². The van der Waals surface area contributed by atoms with Gasteiger partial charge in [-0.2, -0.15) is 0 Å². The Morgan fingerprint density at radius 3 is 2.56 bits per heavy atom. The van der Waals surface area contributed by atoms with Gasteiger partial charge in [0.05, 0.1) is 15.7 Å². The number of urea groups is 1. The summed E-state index contributed by atoms with van der Waals surface area (Å²) in [6.07, 6.45) is 2.94. The second-order valence-electron chi connectivity index (χ2n) is 6.13. The van der Waals surface area contributed by atoms with E-state index in [1.807, 2.05) is 0 Å². The van der Waals surface area contributed by atoms with Gasteiger partial charge < -0.3 is 15.1 Å². The molecule has 1 N–H and O–H groups in total. The predicted molar refractivity (Wildman–Crippen MR) is 103 cm³/mol. The molecule has 0 radical (unpaired) electrons. The first-order valence-corrected chi connectivity index (χ1v) is 9.04. The standard InChI is InChI=1S/C18H17Cl2FN4O2/c1-11-2-3-12(8-15(11)21)23-18(27)24-5-4-16(26)25(7-6-24)17-13(19)9-22-10-14(17)20/h2-3,8-10H,4-7H2,1H3,(H,23,27). The van der Waals surface area contributed by atoms with Crippen LogP contribution < -0.4 is 10.2 Å². The fourth-order valence-electron chi connectivity index (χ4n) is 2.80. The summed E-state index contributed by atoms with van der Waals surface area (Å²) < 4.78 is 13.7. The molecule has 6 nitrogen and oxygen atoms in total. The van der Waals surface area contributed by atoms with Crippen molar-refractivity contribution in [2.75, 3.05) is 29.9 Å². The number of aryl methyl sites for hydroxylation is 1. The molecule has 27 heavy (non-hydrogen) atoms. The summed E-state index contributed by atoms with van der Waals surface area (Å²) in [5, 5.41) is 3.19. The summed E-state index contributed by atoms with van der Waals surface area (Å²) in [6.45, 7) is 2.39. The quantitative estimate of drug-likeness (QED) is 0.809. The van der Waals surface area contributed by atoms with Gasteiger partial charge >= 0.3 is 6.03 Å². The van der Waals surface area contributed by atoms with Gasteiger partial charge in [-0.25, -0.2) is 9.18 Å². The summed E-state index contributed by atoms with van der Waals surface area (Å²) in [5.41, 5.74) is 1.24. The van der Waals surface area contributed by atoms with E-state index in [4.69, 9.17) is 23.2 Å². The van der Waals surface area contributed by atoms with E-state index in [0.29, 0.717) is 16.9 Å². The largest absolute Gasteiger partial charge is 0.322 e. The van der Waals surface area contributed by atoms with Crippen LogP contribution in [0.4, 0.5) is 20.6 Å². The topological polar surface area (TPSA) is 65.5 Å². The van der Waals surface area contributed by atoms with Crippen molar-refractivity contribution in [2.45, 2.75) is 13.3 Å². The molecule has 0 saturated carbocycles. The second kappa shape index (κ2) is 8.10. The summed E-state index contributed by atoms with van der Waals surface area (Å²) >= 11 is 12.3. The van der Waals surface area contributed by atoms with Crippen LogP contribution in [0.3, 0.4) is 0 Å². The number of amides is 3. The van der Waals surface area contributed by atoms with Gasteiger partial charge in [0.15, 0.2) is 0 Å². The third kappa shape index (κ3) is 4.31. The number of nitrogens with zero attached hydrogens (tertiary/aromatic N) is 3. The lowest BCUT2D eigenvalue weighted by molar-refractivity contribution is -0.118. The van der Waals surface area contributed by atoms with Gasteiger partial charge in [0, 0.05) is 44.1 Å². The Bertz CT molecular complexity index is 873. The molecule has 0 spiro atoms. The van der Waals surface area contributed by atoms with Gasteiger partial charge in [-0.05, 0) is 24.6 Å². The van der Waals surface area contributed by atoms with Crippen molar-refractivity contribution < 1.29 is 14.0 Å². The average molecular weight is 411 g/mol. The van der Waals surface area contributed by atoms with Crippen molar-refractivity contribution in [2.24, 2.45) is 0 Å². The zero-order valence-corrected chi connectivity index (χ0v) is 16.0. The Kier molecular flexibility index (Phi) is 5.82. The highest BCUT2D eigenvalue weighted by atomic mass is 35.5. The Labute approximate surface area is 165 Å². The van der Waals surface area contributed by atoms with E-state index in [9.17, 15) is 14.0 Å².